The predicted molar refractivity (Wildman–Crippen MR) is 92.5 cm³/mol. The summed E-state index contributed by atoms with van der Waals surface area (Å²) < 4.78 is 27.4. The summed E-state index contributed by atoms with van der Waals surface area (Å²) in [6.45, 7) is -0.447. The van der Waals surface area contributed by atoms with Crippen molar-refractivity contribution in [2.75, 3.05) is 10.8 Å². The average molecular weight is 419 g/mol. The van der Waals surface area contributed by atoms with Crippen LogP contribution in [0.1, 0.15) is 0 Å². The van der Waals surface area contributed by atoms with E-state index in [0.29, 0.717) is 15.2 Å². The summed E-state index contributed by atoms with van der Waals surface area (Å²) in [6, 6.07) is 12.3. The van der Waals surface area contributed by atoms with Crippen molar-refractivity contribution in [2.24, 2.45) is 5.84 Å². The van der Waals surface area contributed by atoms with Gasteiger partial charge in [-0.05, 0) is 42.5 Å². The first-order valence-corrected chi connectivity index (χ1v) is 8.99. The number of rotatable bonds is 5. The van der Waals surface area contributed by atoms with Crippen molar-refractivity contribution in [2.45, 2.75) is 4.90 Å². The van der Waals surface area contributed by atoms with E-state index in [4.69, 9.17) is 17.4 Å². The SMILES string of the molecule is NNC(=O)CN(c1cccc(Br)c1)S(=O)(=O)c1ccc(Cl)cc1. The van der Waals surface area contributed by atoms with Gasteiger partial charge < -0.3 is 0 Å². The van der Waals surface area contributed by atoms with E-state index in [2.05, 4.69) is 15.9 Å². The lowest BCUT2D eigenvalue weighted by molar-refractivity contribution is -0.119. The van der Waals surface area contributed by atoms with Gasteiger partial charge in [0.2, 0.25) is 0 Å². The van der Waals surface area contributed by atoms with Gasteiger partial charge >= 0.3 is 0 Å². The van der Waals surface area contributed by atoms with Crippen molar-refractivity contribution in [3.63, 3.8) is 0 Å². The van der Waals surface area contributed by atoms with E-state index in [1.807, 2.05) is 5.43 Å². The number of hydrazine groups is 1. The molecule has 122 valence electrons. The van der Waals surface area contributed by atoms with Gasteiger partial charge in [0.05, 0.1) is 10.6 Å². The Morgan fingerprint density at radius 1 is 1.22 bits per heavy atom. The zero-order valence-corrected chi connectivity index (χ0v) is 14.9. The Morgan fingerprint density at radius 3 is 2.43 bits per heavy atom. The van der Waals surface area contributed by atoms with E-state index in [1.54, 1.807) is 24.3 Å². The zero-order chi connectivity index (χ0) is 17.0. The minimum absolute atomic E-state index is 0.0201. The Hall–Kier alpha value is -1.61. The lowest BCUT2D eigenvalue weighted by atomic mass is 10.3. The molecule has 2 rings (SSSR count). The summed E-state index contributed by atoms with van der Waals surface area (Å²) >= 11 is 9.07. The number of halogens is 2. The number of hydrogen-bond donors (Lipinski definition) is 2. The fraction of sp³-hybridized carbons (Fsp3) is 0.0714. The molecule has 0 aliphatic rings. The second-order valence-electron chi connectivity index (χ2n) is 4.51. The summed E-state index contributed by atoms with van der Waals surface area (Å²) in [6.07, 6.45) is 0. The highest BCUT2D eigenvalue weighted by molar-refractivity contribution is 9.10. The highest BCUT2D eigenvalue weighted by Crippen LogP contribution is 2.26. The number of anilines is 1. The standard InChI is InChI=1S/C14H13BrClN3O3S/c15-10-2-1-3-12(8-10)19(9-14(20)18-17)23(21,22)13-6-4-11(16)5-7-13/h1-8H,9,17H2,(H,18,20). The number of carbonyl (C=O) groups is 1. The lowest BCUT2D eigenvalue weighted by Gasteiger charge is -2.24. The highest BCUT2D eigenvalue weighted by atomic mass is 79.9. The smallest absolute Gasteiger partial charge is 0.264 e. The summed E-state index contributed by atoms with van der Waals surface area (Å²) in [7, 11) is -3.96. The average Bonchev–Trinajstić information content (AvgIpc) is 2.52. The molecule has 2 aromatic carbocycles. The fourth-order valence-corrected chi connectivity index (χ4v) is 3.78. The molecular weight excluding hydrogens is 406 g/mol. The minimum Gasteiger partial charge on any atom is -0.293 e. The summed E-state index contributed by atoms with van der Waals surface area (Å²) in [5.41, 5.74) is 2.27. The largest absolute Gasteiger partial charge is 0.293 e. The van der Waals surface area contributed by atoms with E-state index in [-0.39, 0.29) is 4.90 Å². The molecule has 0 atom stereocenters. The van der Waals surface area contributed by atoms with Gasteiger partial charge in [0, 0.05) is 9.50 Å². The van der Waals surface area contributed by atoms with Crippen molar-refractivity contribution in [1.82, 2.24) is 5.43 Å². The first-order chi connectivity index (χ1) is 10.8. The molecule has 0 radical (unpaired) electrons. The van der Waals surface area contributed by atoms with E-state index in [0.717, 1.165) is 4.31 Å². The van der Waals surface area contributed by atoms with Crippen LogP contribution < -0.4 is 15.6 Å². The van der Waals surface area contributed by atoms with Gasteiger partial charge in [-0.1, -0.05) is 33.6 Å². The Morgan fingerprint density at radius 2 is 1.87 bits per heavy atom. The van der Waals surface area contributed by atoms with Gasteiger partial charge in [-0.3, -0.25) is 14.5 Å². The third-order valence-corrected chi connectivity index (χ3v) is 5.48. The number of nitrogens with zero attached hydrogens (tertiary/aromatic N) is 1. The van der Waals surface area contributed by atoms with Crippen LogP contribution in [-0.2, 0) is 14.8 Å². The summed E-state index contributed by atoms with van der Waals surface area (Å²) in [5, 5.41) is 0.414. The molecule has 2 aromatic rings. The van der Waals surface area contributed by atoms with Crippen molar-refractivity contribution in [3.05, 3.63) is 58.0 Å². The molecule has 1 amide bonds. The Kier molecular flexibility index (Phi) is 5.64. The van der Waals surface area contributed by atoms with Gasteiger partial charge in [-0.25, -0.2) is 14.3 Å². The van der Waals surface area contributed by atoms with Crippen LogP contribution in [0.25, 0.3) is 0 Å². The third kappa shape index (κ3) is 4.23. The maximum Gasteiger partial charge on any atom is 0.264 e. The van der Waals surface area contributed by atoms with Gasteiger partial charge in [-0.2, -0.15) is 0 Å². The van der Waals surface area contributed by atoms with Crippen molar-refractivity contribution in [3.8, 4) is 0 Å². The van der Waals surface area contributed by atoms with Crippen molar-refractivity contribution in [1.29, 1.82) is 0 Å². The maximum atomic E-state index is 12.9. The number of nitrogens with one attached hydrogen (secondary N) is 1. The van der Waals surface area contributed by atoms with Crippen LogP contribution in [0.15, 0.2) is 57.9 Å². The minimum atomic E-state index is -3.96. The zero-order valence-electron chi connectivity index (χ0n) is 11.7. The second-order valence-corrected chi connectivity index (χ2v) is 7.73. The third-order valence-electron chi connectivity index (χ3n) is 2.95. The van der Waals surface area contributed by atoms with Crippen LogP contribution in [0.3, 0.4) is 0 Å². The summed E-state index contributed by atoms with van der Waals surface area (Å²) in [4.78, 5) is 11.7. The molecule has 0 saturated carbocycles. The van der Waals surface area contributed by atoms with E-state index < -0.39 is 22.5 Å². The number of sulfonamides is 1. The molecule has 0 aliphatic heterocycles. The van der Waals surface area contributed by atoms with Gasteiger partial charge in [-0.15, -0.1) is 0 Å². The van der Waals surface area contributed by atoms with E-state index in [9.17, 15) is 13.2 Å². The first kappa shape index (κ1) is 17.7. The quantitative estimate of drug-likeness (QED) is 0.443. The molecule has 0 fully saturated rings. The number of carbonyl (C=O) groups excluding carboxylic acids is 1. The number of benzene rings is 2. The molecule has 0 aliphatic carbocycles. The Labute approximate surface area is 147 Å². The monoisotopic (exact) mass is 417 g/mol. The van der Waals surface area contributed by atoms with Crippen LogP contribution in [0.4, 0.5) is 5.69 Å². The topological polar surface area (TPSA) is 92.5 Å². The second kappa shape index (κ2) is 7.31. The van der Waals surface area contributed by atoms with Gasteiger partial charge in [0.15, 0.2) is 0 Å². The van der Waals surface area contributed by atoms with Crippen molar-refractivity contribution >= 4 is 49.1 Å². The Bertz CT molecular complexity index is 812. The molecule has 0 heterocycles. The molecule has 0 aromatic heterocycles. The molecular formula is C14H13BrClN3O3S. The van der Waals surface area contributed by atoms with Crippen LogP contribution in [0.5, 0.6) is 0 Å². The molecule has 0 bridgehead atoms. The van der Waals surface area contributed by atoms with Crippen molar-refractivity contribution < 1.29 is 13.2 Å². The molecule has 3 N–H and O–H groups in total. The summed E-state index contributed by atoms with van der Waals surface area (Å²) in [5.74, 6) is 4.45. The van der Waals surface area contributed by atoms with Crippen LogP contribution in [-0.4, -0.2) is 20.9 Å². The maximum absolute atomic E-state index is 12.9. The number of hydrogen-bond acceptors (Lipinski definition) is 4. The van der Waals surface area contributed by atoms with Gasteiger partial charge in [0.25, 0.3) is 15.9 Å². The van der Waals surface area contributed by atoms with E-state index in [1.165, 1.54) is 24.3 Å². The molecule has 6 nitrogen and oxygen atoms in total. The van der Waals surface area contributed by atoms with Crippen LogP contribution in [0.2, 0.25) is 5.02 Å². The van der Waals surface area contributed by atoms with Gasteiger partial charge in [0.1, 0.15) is 6.54 Å². The predicted octanol–water partition coefficient (Wildman–Crippen LogP) is 2.29. The Balaban J connectivity index is 2.51. The highest BCUT2D eigenvalue weighted by Gasteiger charge is 2.27. The molecule has 9 heteroatoms. The van der Waals surface area contributed by atoms with Crippen LogP contribution in [0, 0.1) is 0 Å². The first-order valence-electron chi connectivity index (χ1n) is 6.38. The molecule has 0 saturated heterocycles. The molecule has 23 heavy (non-hydrogen) atoms. The normalized spacial score (nSPS) is 11.1. The lowest BCUT2D eigenvalue weighted by Crippen LogP contribution is -2.43. The van der Waals surface area contributed by atoms with Crippen LogP contribution >= 0.6 is 27.5 Å². The van der Waals surface area contributed by atoms with E-state index >= 15 is 0 Å². The fourth-order valence-electron chi connectivity index (χ4n) is 1.86. The number of amides is 1. The number of nitrogens with two attached hydrogens (primary N) is 1. The molecule has 0 unspecified atom stereocenters. The molecule has 0 spiro atoms.